The molecule has 0 aliphatic carbocycles. The van der Waals surface area contributed by atoms with Crippen molar-refractivity contribution in [3.8, 4) is 0 Å². The Kier molecular flexibility index (Phi) is 4.72. The highest BCUT2D eigenvalue weighted by molar-refractivity contribution is 8.00. The van der Waals surface area contributed by atoms with Crippen molar-refractivity contribution in [2.45, 2.75) is 16.8 Å². The summed E-state index contributed by atoms with van der Waals surface area (Å²) in [6, 6.07) is 15.6. The molecule has 0 aliphatic rings. The minimum absolute atomic E-state index is 0.0645. The zero-order chi connectivity index (χ0) is 16.2. The molecular formula is C16H15NO4S. The SMILES string of the molecule is CC(OC(N)=O)(Sc1ccccc1)c1ccccc1C(=O)O. The summed E-state index contributed by atoms with van der Waals surface area (Å²) in [5.74, 6) is -1.09. The summed E-state index contributed by atoms with van der Waals surface area (Å²) in [6.07, 6.45) is -0.967. The van der Waals surface area contributed by atoms with E-state index in [1.165, 1.54) is 17.8 Å². The maximum absolute atomic E-state index is 11.4. The average Bonchev–Trinajstić information content (AvgIpc) is 2.47. The number of carboxylic acids is 1. The second kappa shape index (κ2) is 6.53. The summed E-state index contributed by atoms with van der Waals surface area (Å²) < 4.78 is 5.26. The van der Waals surface area contributed by atoms with Crippen LogP contribution < -0.4 is 5.73 Å². The summed E-state index contributed by atoms with van der Waals surface area (Å²) in [7, 11) is 0. The summed E-state index contributed by atoms with van der Waals surface area (Å²) in [4.78, 5) is 22.3. The summed E-state index contributed by atoms with van der Waals surface area (Å²) in [5, 5.41) is 9.35. The van der Waals surface area contributed by atoms with Gasteiger partial charge in [0.1, 0.15) is 0 Å². The lowest BCUT2D eigenvalue weighted by molar-refractivity contribution is 0.0673. The van der Waals surface area contributed by atoms with Crippen LogP contribution >= 0.6 is 11.8 Å². The smallest absolute Gasteiger partial charge is 0.406 e. The number of carbonyl (C=O) groups excluding carboxylic acids is 1. The van der Waals surface area contributed by atoms with Gasteiger partial charge >= 0.3 is 12.1 Å². The molecule has 1 amide bonds. The first-order valence-corrected chi connectivity index (χ1v) is 7.29. The van der Waals surface area contributed by atoms with E-state index in [2.05, 4.69) is 0 Å². The van der Waals surface area contributed by atoms with Crippen molar-refractivity contribution >= 4 is 23.8 Å². The number of amides is 1. The van der Waals surface area contributed by atoms with Gasteiger partial charge in [-0.1, -0.05) is 48.2 Å². The Morgan fingerprint density at radius 3 is 2.27 bits per heavy atom. The third-order valence-corrected chi connectivity index (χ3v) is 4.20. The number of hydrogen-bond acceptors (Lipinski definition) is 4. The average molecular weight is 317 g/mol. The number of primary amides is 1. The zero-order valence-electron chi connectivity index (χ0n) is 11.9. The Balaban J connectivity index is 2.50. The summed E-state index contributed by atoms with van der Waals surface area (Å²) in [5.41, 5.74) is 5.61. The van der Waals surface area contributed by atoms with Gasteiger partial charge in [-0.05, 0) is 25.1 Å². The van der Waals surface area contributed by atoms with Crippen molar-refractivity contribution < 1.29 is 19.4 Å². The fourth-order valence-corrected chi connectivity index (χ4v) is 3.26. The van der Waals surface area contributed by atoms with E-state index in [1.54, 1.807) is 25.1 Å². The first-order chi connectivity index (χ1) is 10.4. The Bertz CT molecular complexity index is 690. The van der Waals surface area contributed by atoms with Crippen LogP contribution in [0, 0.1) is 0 Å². The number of hydrogen-bond donors (Lipinski definition) is 2. The van der Waals surface area contributed by atoms with E-state index in [4.69, 9.17) is 10.5 Å². The molecule has 1 unspecified atom stereocenters. The van der Waals surface area contributed by atoms with E-state index >= 15 is 0 Å². The molecule has 1 atom stereocenters. The van der Waals surface area contributed by atoms with Gasteiger partial charge in [0.15, 0.2) is 4.93 Å². The van der Waals surface area contributed by atoms with Crippen LogP contribution in [0.2, 0.25) is 0 Å². The maximum atomic E-state index is 11.4. The van der Waals surface area contributed by atoms with Crippen LogP contribution in [-0.4, -0.2) is 17.2 Å². The molecular weight excluding hydrogens is 302 g/mol. The lowest BCUT2D eigenvalue weighted by Gasteiger charge is -2.29. The zero-order valence-corrected chi connectivity index (χ0v) is 12.7. The molecule has 2 aromatic rings. The van der Waals surface area contributed by atoms with Gasteiger partial charge in [-0.2, -0.15) is 0 Å². The molecule has 114 valence electrons. The van der Waals surface area contributed by atoms with Crippen LogP contribution in [0.25, 0.3) is 0 Å². The van der Waals surface area contributed by atoms with Gasteiger partial charge < -0.3 is 15.6 Å². The lowest BCUT2D eigenvalue weighted by atomic mass is 10.0. The molecule has 0 fully saturated rings. The van der Waals surface area contributed by atoms with Crippen LogP contribution in [0.3, 0.4) is 0 Å². The highest BCUT2D eigenvalue weighted by atomic mass is 32.2. The number of ether oxygens (including phenoxy) is 1. The Morgan fingerprint density at radius 1 is 1.09 bits per heavy atom. The Labute approximate surface area is 132 Å². The van der Waals surface area contributed by atoms with Crippen molar-refractivity contribution in [1.82, 2.24) is 0 Å². The number of benzene rings is 2. The first-order valence-electron chi connectivity index (χ1n) is 6.48. The second-order valence-corrected chi connectivity index (χ2v) is 6.09. The van der Waals surface area contributed by atoms with Crippen molar-refractivity contribution in [2.75, 3.05) is 0 Å². The van der Waals surface area contributed by atoms with Gasteiger partial charge in [-0.25, -0.2) is 9.59 Å². The Hall–Kier alpha value is -2.47. The van der Waals surface area contributed by atoms with E-state index in [9.17, 15) is 14.7 Å². The van der Waals surface area contributed by atoms with E-state index < -0.39 is 17.0 Å². The molecule has 0 saturated carbocycles. The predicted molar refractivity (Wildman–Crippen MR) is 83.7 cm³/mol. The van der Waals surface area contributed by atoms with Crippen LogP contribution in [0.15, 0.2) is 59.5 Å². The molecule has 2 rings (SSSR count). The van der Waals surface area contributed by atoms with E-state index in [-0.39, 0.29) is 5.56 Å². The molecule has 0 bridgehead atoms. The second-order valence-electron chi connectivity index (χ2n) is 4.63. The molecule has 0 aliphatic heterocycles. The van der Waals surface area contributed by atoms with Crippen LogP contribution in [0.1, 0.15) is 22.8 Å². The van der Waals surface area contributed by atoms with E-state index in [0.29, 0.717) is 5.56 Å². The fraction of sp³-hybridized carbons (Fsp3) is 0.125. The standard InChI is InChI=1S/C16H15NO4S/c1-16(21-15(17)20,22-11-7-3-2-4-8-11)13-10-6-5-9-12(13)14(18)19/h2-10H,1H3,(H2,17,20)(H,18,19). The summed E-state index contributed by atoms with van der Waals surface area (Å²) in [6.45, 7) is 1.62. The van der Waals surface area contributed by atoms with Gasteiger partial charge in [-0.3, -0.25) is 0 Å². The largest absolute Gasteiger partial charge is 0.478 e. The highest BCUT2D eigenvalue weighted by Gasteiger charge is 2.35. The molecule has 22 heavy (non-hydrogen) atoms. The monoisotopic (exact) mass is 317 g/mol. The van der Waals surface area contributed by atoms with Crippen LogP contribution in [-0.2, 0) is 9.67 Å². The summed E-state index contributed by atoms with van der Waals surface area (Å²) >= 11 is 1.22. The molecule has 0 aromatic heterocycles. The highest BCUT2D eigenvalue weighted by Crippen LogP contribution is 2.43. The van der Waals surface area contributed by atoms with Crippen molar-refractivity contribution in [3.05, 3.63) is 65.7 Å². The topological polar surface area (TPSA) is 89.6 Å². The fourth-order valence-electron chi connectivity index (χ4n) is 2.10. The molecule has 6 heteroatoms. The van der Waals surface area contributed by atoms with Gasteiger partial charge in [0, 0.05) is 10.5 Å². The van der Waals surface area contributed by atoms with E-state index in [1.807, 2.05) is 30.3 Å². The van der Waals surface area contributed by atoms with Gasteiger partial charge in [0.25, 0.3) is 0 Å². The molecule has 0 saturated heterocycles. The van der Waals surface area contributed by atoms with Crippen molar-refractivity contribution in [1.29, 1.82) is 0 Å². The molecule has 0 spiro atoms. The number of carbonyl (C=O) groups is 2. The Morgan fingerprint density at radius 2 is 1.68 bits per heavy atom. The molecule has 3 N–H and O–H groups in total. The lowest BCUT2D eigenvalue weighted by Crippen LogP contribution is -2.30. The molecule has 0 heterocycles. The number of aromatic carboxylic acids is 1. The van der Waals surface area contributed by atoms with Crippen LogP contribution in [0.4, 0.5) is 4.79 Å². The molecule has 0 radical (unpaired) electrons. The van der Waals surface area contributed by atoms with E-state index in [0.717, 1.165) is 4.90 Å². The van der Waals surface area contributed by atoms with Crippen molar-refractivity contribution in [2.24, 2.45) is 5.73 Å². The molecule has 5 nitrogen and oxygen atoms in total. The minimum Gasteiger partial charge on any atom is -0.478 e. The predicted octanol–water partition coefficient (Wildman–Crippen LogP) is 3.45. The van der Waals surface area contributed by atoms with Gasteiger partial charge in [-0.15, -0.1) is 0 Å². The van der Waals surface area contributed by atoms with Crippen LogP contribution in [0.5, 0.6) is 0 Å². The van der Waals surface area contributed by atoms with Gasteiger partial charge in [0.2, 0.25) is 0 Å². The first kappa shape index (κ1) is 15.9. The number of rotatable bonds is 5. The normalized spacial score (nSPS) is 13.1. The maximum Gasteiger partial charge on any atom is 0.406 e. The third-order valence-electron chi connectivity index (χ3n) is 3.00. The number of carboxylic acid groups (broad SMARTS) is 1. The quantitative estimate of drug-likeness (QED) is 0.651. The number of nitrogens with two attached hydrogens (primary N) is 1. The van der Waals surface area contributed by atoms with Gasteiger partial charge in [0.05, 0.1) is 5.56 Å². The van der Waals surface area contributed by atoms with Crippen molar-refractivity contribution in [3.63, 3.8) is 0 Å². The molecule has 2 aromatic carbocycles. The minimum atomic E-state index is -1.25. The number of thioether (sulfide) groups is 1. The third kappa shape index (κ3) is 3.59.